The van der Waals surface area contributed by atoms with Gasteiger partial charge in [0.2, 0.25) is 5.91 Å². The zero-order valence-electron chi connectivity index (χ0n) is 14.4. The number of aryl methyl sites for hydroxylation is 2. The summed E-state index contributed by atoms with van der Waals surface area (Å²) >= 11 is 0. The van der Waals surface area contributed by atoms with Crippen LogP contribution >= 0.6 is 0 Å². The Morgan fingerprint density at radius 3 is 2.96 bits per heavy atom. The van der Waals surface area contributed by atoms with E-state index in [0.29, 0.717) is 18.0 Å². The molecule has 2 N–H and O–H groups in total. The van der Waals surface area contributed by atoms with Crippen LogP contribution in [0.4, 0.5) is 5.82 Å². The van der Waals surface area contributed by atoms with E-state index < -0.39 is 0 Å². The summed E-state index contributed by atoms with van der Waals surface area (Å²) in [7, 11) is 0. The van der Waals surface area contributed by atoms with E-state index in [2.05, 4.69) is 30.6 Å². The number of amides is 1. The van der Waals surface area contributed by atoms with Gasteiger partial charge in [0.1, 0.15) is 17.4 Å². The van der Waals surface area contributed by atoms with Crippen molar-refractivity contribution in [2.45, 2.75) is 65.1 Å². The molecule has 0 saturated carbocycles. The van der Waals surface area contributed by atoms with Crippen molar-refractivity contribution >= 4 is 11.7 Å². The van der Waals surface area contributed by atoms with Crippen molar-refractivity contribution in [3.63, 3.8) is 0 Å². The van der Waals surface area contributed by atoms with Crippen LogP contribution in [0.1, 0.15) is 56.6 Å². The highest BCUT2D eigenvalue weighted by molar-refractivity contribution is 5.94. The number of carbonyl (C=O) groups is 1. The number of anilines is 1. The highest BCUT2D eigenvalue weighted by atomic mass is 16.5. The molecule has 8 heteroatoms. The first-order valence-corrected chi connectivity index (χ1v) is 8.50. The molecular formula is C16H24N6O2. The minimum absolute atomic E-state index is 0.0564. The predicted molar refractivity (Wildman–Crippen MR) is 88.5 cm³/mol. The summed E-state index contributed by atoms with van der Waals surface area (Å²) in [6.07, 6.45) is 3.95. The van der Waals surface area contributed by atoms with E-state index in [0.717, 1.165) is 37.5 Å². The number of aromatic nitrogens is 4. The van der Waals surface area contributed by atoms with E-state index >= 15 is 0 Å². The summed E-state index contributed by atoms with van der Waals surface area (Å²) in [4.78, 5) is 12.4. The molecule has 0 saturated heterocycles. The molecule has 2 aromatic heterocycles. The van der Waals surface area contributed by atoms with Crippen LogP contribution in [0.25, 0.3) is 0 Å². The van der Waals surface area contributed by atoms with Gasteiger partial charge < -0.3 is 14.4 Å². The van der Waals surface area contributed by atoms with Gasteiger partial charge in [-0.2, -0.15) is 0 Å². The van der Waals surface area contributed by atoms with Gasteiger partial charge in [-0.3, -0.25) is 10.1 Å². The molecule has 0 fully saturated rings. The van der Waals surface area contributed by atoms with Gasteiger partial charge in [-0.1, -0.05) is 12.1 Å². The SMILES string of the molecule is CC[C@H](N[C@@H](C)c1nnc2n1CCCC2)C(=O)Nc1cc(C)on1. The Kier molecular flexibility index (Phi) is 4.94. The van der Waals surface area contributed by atoms with Gasteiger partial charge in [0.05, 0.1) is 12.1 Å². The molecule has 3 heterocycles. The number of nitrogens with zero attached hydrogens (tertiary/aromatic N) is 4. The molecule has 1 aliphatic rings. The topological polar surface area (TPSA) is 97.9 Å². The molecule has 8 nitrogen and oxygen atoms in total. The number of nitrogens with one attached hydrogen (secondary N) is 2. The molecule has 2 atom stereocenters. The van der Waals surface area contributed by atoms with E-state index in [9.17, 15) is 4.79 Å². The molecule has 2 aromatic rings. The number of fused-ring (bicyclic) bond motifs is 1. The van der Waals surface area contributed by atoms with Crippen LogP contribution in [0.15, 0.2) is 10.6 Å². The molecule has 1 aliphatic heterocycles. The van der Waals surface area contributed by atoms with Gasteiger partial charge in [-0.25, -0.2) is 0 Å². The summed E-state index contributed by atoms with van der Waals surface area (Å²) in [5, 5.41) is 18.5. The molecule has 3 rings (SSSR count). The van der Waals surface area contributed by atoms with Crippen LogP contribution in [-0.4, -0.2) is 31.9 Å². The molecule has 0 aromatic carbocycles. The van der Waals surface area contributed by atoms with Crippen molar-refractivity contribution in [2.75, 3.05) is 5.32 Å². The highest BCUT2D eigenvalue weighted by Crippen LogP contribution is 2.19. The Morgan fingerprint density at radius 2 is 2.25 bits per heavy atom. The van der Waals surface area contributed by atoms with Gasteiger partial charge in [0, 0.05) is 19.0 Å². The minimum Gasteiger partial charge on any atom is -0.360 e. The number of carbonyl (C=O) groups excluding carboxylic acids is 1. The molecule has 0 radical (unpaired) electrons. The Balaban J connectivity index is 1.66. The molecule has 130 valence electrons. The Hall–Kier alpha value is -2.22. The lowest BCUT2D eigenvalue weighted by Gasteiger charge is -2.22. The maximum atomic E-state index is 12.4. The van der Waals surface area contributed by atoms with Crippen LogP contribution in [0, 0.1) is 6.92 Å². The summed E-state index contributed by atoms with van der Waals surface area (Å²) in [6.45, 7) is 6.72. The summed E-state index contributed by atoms with van der Waals surface area (Å²) in [6, 6.07) is 1.30. The lowest BCUT2D eigenvalue weighted by molar-refractivity contribution is -0.118. The lowest BCUT2D eigenvalue weighted by atomic mass is 10.1. The monoisotopic (exact) mass is 332 g/mol. The van der Waals surface area contributed by atoms with E-state index in [-0.39, 0.29) is 18.0 Å². The largest absolute Gasteiger partial charge is 0.360 e. The summed E-state index contributed by atoms with van der Waals surface area (Å²) in [5.74, 6) is 2.91. The van der Waals surface area contributed by atoms with Crippen molar-refractivity contribution in [2.24, 2.45) is 0 Å². The normalized spacial score (nSPS) is 16.5. The Labute approximate surface area is 141 Å². The van der Waals surface area contributed by atoms with Crippen molar-refractivity contribution in [1.29, 1.82) is 0 Å². The van der Waals surface area contributed by atoms with Gasteiger partial charge in [-0.15, -0.1) is 10.2 Å². The van der Waals surface area contributed by atoms with Crippen molar-refractivity contribution in [3.05, 3.63) is 23.5 Å². The fraction of sp³-hybridized carbons (Fsp3) is 0.625. The second-order valence-corrected chi connectivity index (χ2v) is 6.24. The second kappa shape index (κ2) is 7.12. The van der Waals surface area contributed by atoms with Gasteiger partial charge >= 0.3 is 0 Å². The van der Waals surface area contributed by atoms with Crippen molar-refractivity contribution < 1.29 is 9.32 Å². The van der Waals surface area contributed by atoms with Crippen LogP contribution in [0.2, 0.25) is 0 Å². The molecule has 0 aliphatic carbocycles. The Bertz CT molecular complexity index is 707. The minimum atomic E-state index is -0.339. The third-order valence-corrected chi connectivity index (χ3v) is 4.33. The third-order valence-electron chi connectivity index (χ3n) is 4.33. The van der Waals surface area contributed by atoms with Gasteiger partial charge in [0.15, 0.2) is 5.82 Å². The number of hydrogen-bond acceptors (Lipinski definition) is 6. The summed E-state index contributed by atoms with van der Waals surface area (Å²) in [5.41, 5.74) is 0. The zero-order valence-corrected chi connectivity index (χ0v) is 14.4. The van der Waals surface area contributed by atoms with E-state index in [1.54, 1.807) is 13.0 Å². The standard InChI is InChI=1S/C16H24N6O2/c1-4-12(16(23)18-13-9-10(2)24-21-13)17-11(3)15-20-19-14-7-5-6-8-22(14)15/h9,11-12,17H,4-8H2,1-3H3,(H,18,21,23)/t11-,12-/m0/s1. The van der Waals surface area contributed by atoms with Gasteiger partial charge in [-0.05, 0) is 33.1 Å². The van der Waals surface area contributed by atoms with E-state index in [1.165, 1.54) is 0 Å². The van der Waals surface area contributed by atoms with E-state index in [1.807, 2.05) is 13.8 Å². The van der Waals surface area contributed by atoms with Crippen LogP contribution < -0.4 is 10.6 Å². The quantitative estimate of drug-likeness (QED) is 0.839. The lowest BCUT2D eigenvalue weighted by Crippen LogP contribution is -2.42. The van der Waals surface area contributed by atoms with E-state index in [4.69, 9.17) is 4.52 Å². The first-order valence-electron chi connectivity index (χ1n) is 8.50. The average molecular weight is 332 g/mol. The second-order valence-electron chi connectivity index (χ2n) is 6.24. The molecule has 0 unspecified atom stereocenters. The zero-order chi connectivity index (χ0) is 17.1. The van der Waals surface area contributed by atoms with Crippen molar-refractivity contribution in [1.82, 2.24) is 25.2 Å². The maximum Gasteiger partial charge on any atom is 0.242 e. The number of rotatable bonds is 6. The molecule has 24 heavy (non-hydrogen) atoms. The smallest absolute Gasteiger partial charge is 0.242 e. The molecule has 0 bridgehead atoms. The van der Waals surface area contributed by atoms with Crippen molar-refractivity contribution in [3.8, 4) is 0 Å². The maximum absolute atomic E-state index is 12.4. The Morgan fingerprint density at radius 1 is 1.42 bits per heavy atom. The highest BCUT2D eigenvalue weighted by Gasteiger charge is 2.25. The number of hydrogen-bond donors (Lipinski definition) is 2. The molecule has 0 spiro atoms. The third kappa shape index (κ3) is 3.48. The van der Waals surface area contributed by atoms with Crippen LogP contribution in [-0.2, 0) is 17.8 Å². The fourth-order valence-corrected chi connectivity index (χ4v) is 3.04. The average Bonchev–Trinajstić information content (AvgIpc) is 3.18. The molecular weight excluding hydrogens is 308 g/mol. The summed E-state index contributed by atoms with van der Waals surface area (Å²) < 4.78 is 7.15. The van der Waals surface area contributed by atoms with Crippen LogP contribution in [0.5, 0.6) is 0 Å². The predicted octanol–water partition coefficient (Wildman–Crippen LogP) is 1.98. The first-order chi connectivity index (χ1) is 11.6. The van der Waals surface area contributed by atoms with Crippen LogP contribution in [0.3, 0.4) is 0 Å². The fourth-order valence-electron chi connectivity index (χ4n) is 3.04. The first kappa shape index (κ1) is 16.6. The van der Waals surface area contributed by atoms with Gasteiger partial charge in [0.25, 0.3) is 0 Å². The molecule has 1 amide bonds.